The number of anilines is 2. The minimum Gasteiger partial charge on any atom is -0.367 e. The first kappa shape index (κ1) is 18.9. The minimum atomic E-state index is -3.52. The molecule has 1 aliphatic heterocycles. The van der Waals surface area contributed by atoms with Crippen LogP contribution in [0, 0.1) is 0 Å². The zero-order valence-electron chi connectivity index (χ0n) is 15.3. The Morgan fingerprint density at radius 1 is 1.00 bits per heavy atom. The van der Waals surface area contributed by atoms with Crippen LogP contribution in [0.15, 0.2) is 53.7 Å². The number of piperazine rings is 1. The van der Waals surface area contributed by atoms with Gasteiger partial charge >= 0.3 is 0 Å². The van der Waals surface area contributed by atoms with E-state index < -0.39 is 10.0 Å². The Kier molecular flexibility index (Phi) is 5.09. The van der Waals surface area contributed by atoms with Crippen molar-refractivity contribution in [2.75, 3.05) is 43.0 Å². The van der Waals surface area contributed by atoms with Crippen molar-refractivity contribution in [3.63, 3.8) is 0 Å². The van der Waals surface area contributed by atoms with Gasteiger partial charge in [-0.1, -0.05) is 23.7 Å². The van der Waals surface area contributed by atoms with Gasteiger partial charge in [0.2, 0.25) is 10.0 Å². The third-order valence-electron chi connectivity index (χ3n) is 4.92. The predicted octanol–water partition coefficient (Wildman–Crippen LogP) is 2.52. The molecule has 0 aliphatic carbocycles. The van der Waals surface area contributed by atoms with Crippen LogP contribution in [0.3, 0.4) is 0 Å². The quantitative estimate of drug-likeness (QED) is 0.702. The van der Waals surface area contributed by atoms with Crippen molar-refractivity contribution in [1.29, 1.82) is 0 Å². The summed E-state index contributed by atoms with van der Waals surface area (Å²) in [7, 11) is -2.09. The van der Waals surface area contributed by atoms with Crippen molar-refractivity contribution >= 4 is 44.0 Å². The molecular formula is C19H20ClN5O2S. The second kappa shape index (κ2) is 7.54. The van der Waals surface area contributed by atoms with Gasteiger partial charge in [0.25, 0.3) is 0 Å². The number of sulfonamides is 1. The lowest BCUT2D eigenvalue weighted by atomic mass is 10.2. The Labute approximate surface area is 169 Å². The first-order chi connectivity index (χ1) is 13.5. The third-order valence-corrected chi connectivity index (χ3v) is 6.62. The van der Waals surface area contributed by atoms with Gasteiger partial charge < -0.3 is 9.80 Å². The number of nitrogens with zero attached hydrogens (tertiary/aromatic N) is 4. The van der Waals surface area contributed by atoms with Gasteiger partial charge in [-0.25, -0.2) is 23.1 Å². The molecule has 0 bridgehead atoms. The fourth-order valence-electron chi connectivity index (χ4n) is 3.48. The van der Waals surface area contributed by atoms with E-state index in [9.17, 15) is 8.42 Å². The minimum absolute atomic E-state index is 0.299. The van der Waals surface area contributed by atoms with Gasteiger partial charge in [-0.3, -0.25) is 0 Å². The SMILES string of the molecule is CNS(=O)(=O)c1ccccc1N1CCN(c2ncnc3cc(Cl)ccc23)CC1. The van der Waals surface area contributed by atoms with E-state index >= 15 is 0 Å². The van der Waals surface area contributed by atoms with E-state index in [4.69, 9.17) is 11.6 Å². The van der Waals surface area contributed by atoms with Crippen molar-refractivity contribution < 1.29 is 8.42 Å². The maximum atomic E-state index is 12.3. The van der Waals surface area contributed by atoms with Crippen LogP contribution in [0.2, 0.25) is 5.02 Å². The first-order valence-corrected chi connectivity index (χ1v) is 10.8. The van der Waals surface area contributed by atoms with E-state index in [-0.39, 0.29) is 0 Å². The summed E-state index contributed by atoms with van der Waals surface area (Å²) in [6.07, 6.45) is 1.55. The number of fused-ring (bicyclic) bond motifs is 1. The van der Waals surface area contributed by atoms with Crippen LogP contribution >= 0.6 is 11.6 Å². The molecule has 3 aromatic rings. The molecule has 0 spiro atoms. The number of hydrogen-bond donors (Lipinski definition) is 1. The van der Waals surface area contributed by atoms with Crippen molar-refractivity contribution in [1.82, 2.24) is 14.7 Å². The van der Waals surface area contributed by atoms with Gasteiger partial charge in [0, 0.05) is 36.6 Å². The van der Waals surface area contributed by atoms with Crippen LogP contribution in [0.5, 0.6) is 0 Å². The van der Waals surface area contributed by atoms with E-state index in [0.29, 0.717) is 23.0 Å². The lowest BCUT2D eigenvalue weighted by Crippen LogP contribution is -2.47. The molecule has 2 heterocycles. The van der Waals surface area contributed by atoms with Crippen molar-refractivity contribution in [3.05, 3.63) is 53.8 Å². The lowest BCUT2D eigenvalue weighted by molar-refractivity contribution is 0.586. The molecule has 0 radical (unpaired) electrons. The molecule has 0 saturated carbocycles. The summed E-state index contributed by atoms with van der Waals surface area (Å²) >= 11 is 6.07. The molecule has 28 heavy (non-hydrogen) atoms. The first-order valence-electron chi connectivity index (χ1n) is 8.92. The average Bonchev–Trinajstić information content (AvgIpc) is 2.73. The van der Waals surface area contributed by atoms with E-state index in [1.165, 1.54) is 7.05 Å². The van der Waals surface area contributed by atoms with Gasteiger partial charge in [0.1, 0.15) is 17.0 Å². The Morgan fingerprint density at radius 2 is 1.71 bits per heavy atom. The van der Waals surface area contributed by atoms with E-state index in [2.05, 4.69) is 24.5 Å². The largest absolute Gasteiger partial charge is 0.367 e. The fourth-order valence-corrected chi connectivity index (χ4v) is 4.60. The summed E-state index contributed by atoms with van der Waals surface area (Å²) in [4.78, 5) is 13.4. The summed E-state index contributed by atoms with van der Waals surface area (Å²) in [6.45, 7) is 2.83. The highest BCUT2D eigenvalue weighted by Crippen LogP contribution is 2.29. The maximum Gasteiger partial charge on any atom is 0.242 e. The highest BCUT2D eigenvalue weighted by Gasteiger charge is 2.25. The monoisotopic (exact) mass is 417 g/mol. The molecule has 1 aliphatic rings. The van der Waals surface area contributed by atoms with Crippen LogP contribution in [0.1, 0.15) is 0 Å². The lowest BCUT2D eigenvalue weighted by Gasteiger charge is -2.37. The molecule has 9 heteroatoms. The van der Waals surface area contributed by atoms with Crippen LogP contribution in [-0.4, -0.2) is 51.6 Å². The summed E-state index contributed by atoms with van der Waals surface area (Å²) in [6, 6.07) is 12.7. The normalized spacial score (nSPS) is 15.2. The van der Waals surface area contributed by atoms with Crippen LogP contribution in [0.4, 0.5) is 11.5 Å². The summed E-state index contributed by atoms with van der Waals surface area (Å²) < 4.78 is 27.1. The third kappa shape index (κ3) is 3.50. The molecule has 4 rings (SSSR count). The molecule has 1 aromatic heterocycles. The number of nitrogens with one attached hydrogen (secondary N) is 1. The van der Waals surface area contributed by atoms with E-state index in [1.807, 2.05) is 30.3 Å². The zero-order chi connectivity index (χ0) is 19.7. The van der Waals surface area contributed by atoms with Gasteiger partial charge in [-0.15, -0.1) is 0 Å². The number of aromatic nitrogens is 2. The van der Waals surface area contributed by atoms with Crippen LogP contribution in [0.25, 0.3) is 10.9 Å². The molecular weight excluding hydrogens is 398 g/mol. The number of rotatable bonds is 4. The molecule has 0 atom stereocenters. The summed E-state index contributed by atoms with van der Waals surface area (Å²) in [5.41, 5.74) is 1.53. The maximum absolute atomic E-state index is 12.3. The van der Waals surface area contributed by atoms with Crippen LogP contribution < -0.4 is 14.5 Å². The van der Waals surface area contributed by atoms with Crippen LogP contribution in [-0.2, 0) is 10.0 Å². The number of hydrogen-bond acceptors (Lipinski definition) is 6. The summed E-state index contributed by atoms with van der Waals surface area (Å²) in [5, 5.41) is 1.60. The second-order valence-corrected chi connectivity index (χ2v) is 8.80. The van der Waals surface area contributed by atoms with E-state index in [1.54, 1.807) is 18.5 Å². The van der Waals surface area contributed by atoms with Gasteiger partial charge in [0.15, 0.2) is 0 Å². The molecule has 0 unspecified atom stereocenters. The van der Waals surface area contributed by atoms with Crippen molar-refractivity contribution in [3.8, 4) is 0 Å². The Morgan fingerprint density at radius 3 is 2.46 bits per heavy atom. The average molecular weight is 418 g/mol. The molecule has 1 N–H and O–H groups in total. The predicted molar refractivity (Wildman–Crippen MR) is 112 cm³/mol. The highest BCUT2D eigenvalue weighted by atomic mass is 35.5. The fraction of sp³-hybridized carbons (Fsp3) is 0.263. The molecule has 7 nitrogen and oxygen atoms in total. The number of halogens is 1. The molecule has 146 valence electrons. The molecule has 1 fully saturated rings. The Balaban J connectivity index is 1.59. The molecule has 0 amide bonds. The molecule has 2 aromatic carbocycles. The van der Waals surface area contributed by atoms with Gasteiger partial charge in [-0.2, -0.15) is 0 Å². The van der Waals surface area contributed by atoms with Crippen molar-refractivity contribution in [2.45, 2.75) is 4.90 Å². The topological polar surface area (TPSA) is 78.4 Å². The Bertz CT molecular complexity index is 1110. The van der Waals surface area contributed by atoms with Crippen molar-refractivity contribution in [2.24, 2.45) is 0 Å². The molecule has 1 saturated heterocycles. The highest BCUT2D eigenvalue weighted by molar-refractivity contribution is 7.89. The van der Waals surface area contributed by atoms with Gasteiger partial charge in [0.05, 0.1) is 11.2 Å². The smallest absolute Gasteiger partial charge is 0.242 e. The number of benzene rings is 2. The number of para-hydroxylation sites is 1. The van der Waals surface area contributed by atoms with E-state index in [0.717, 1.165) is 35.5 Å². The zero-order valence-corrected chi connectivity index (χ0v) is 16.9. The summed E-state index contributed by atoms with van der Waals surface area (Å²) in [5.74, 6) is 0.873. The standard InChI is InChI=1S/C19H20ClN5O2S/c1-21-28(26,27)18-5-3-2-4-17(18)24-8-10-25(11-9-24)19-15-7-6-14(20)12-16(15)22-13-23-19/h2-7,12-13,21H,8-11H2,1H3. The Hall–Kier alpha value is -2.42. The van der Waals surface area contributed by atoms with Gasteiger partial charge in [-0.05, 0) is 37.4 Å². The second-order valence-electron chi connectivity index (χ2n) is 6.51.